The summed E-state index contributed by atoms with van der Waals surface area (Å²) in [6.45, 7) is 3.19. The summed E-state index contributed by atoms with van der Waals surface area (Å²) < 4.78 is 31.1. The maximum atomic E-state index is 13.4. The van der Waals surface area contributed by atoms with Crippen molar-refractivity contribution in [2.75, 3.05) is 31.6 Å². The number of ether oxygens (including phenoxy) is 2. The van der Waals surface area contributed by atoms with Crippen LogP contribution in [0.2, 0.25) is 0 Å². The average Bonchev–Trinajstić information content (AvgIpc) is 3.33. The second kappa shape index (κ2) is 8.51. The lowest BCUT2D eigenvalue weighted by Gasteiger charge is -2.19. The van der Waals surface area contributed by atoms with Crippen LogP contribution in [-0.4, -0.2) is 59.6 Å². The maximum absolute atomic E-state index is 13.4. The number of fused-ring (bicyclic) bond motifs is 1. The first kappa shape index (κ1) is 19.2. The average molecular weight is 410 g/mol. The van der Waals surface area contributed by atoms with Gasteiger partial charge in [0.2, 0.25) is 0 Å². The summed E-state index contributed by atoms with van der Waals surface area (Å²) in [5.74, 6) is 0.527. The Bertz CT molecular complexity index is 967. The second-order valence-electron chi connectivity index (χ2n) is 7.68. The highest BCUT2D eigenvalue weighted by Crippen LogP contribution is 2.24. The molecule has 0 radical (unpaired) electrons. The highest BCUT2D eigenvalue weighted by molar-refractivity contribution is 5.53. The minimum absolute atomic E-state index is 0.00231. The van der Waals surface area contributed by atoms with Gasteiger partial charge < -0.3 is 19.3 Å². The molecule has 0 saturated carbocycles. The summed E-state index contributed by atoms with van der Waals surface area (Å²) in [5, 5.41) is 7.42. The predicted octanol–water partition coefficient (Wildman–Crippen LogP) is 2.96. The fraction of sp³-hybridized carbons (Fsp3) is 0.364. The summed E-state index contributed by atoms with van der Waals surface area (Å²) in [6, 6.07) is 14.1. The molecular weight excluding hydrogens is 387 g/mol. The molecule has 0 bridgehead atoms. The van der Waals surface area contributed by atoms with Gasteiger partial charge in [-0.2, -0.15) is 0 Å². The quantitative estimate of drug-likeness (QED) is 0.693. The summed E-state index contributed by atoms with van der Waals surface area (Å²) >= 11 is 0. The standard InChI is InChI=1S/C22H23FN4O3/c23-15-4-3-5-16(8-15)25-17-13-28-21-11-27(12-22(21)29-14-17)10-18-9-20(26-30-18)19-6-1-2-7-24-19/h1-9,17,21-22,25H,10-14H2/t21-,22-/m0/s1. The van der Waals surface area contributed by atoms with E-state index < -0.39 is 0 Å². The van der Waals surface area contributed by atoms with Crippen molar-refractivity contribution in [3.05, 3.63) is 66.3 Å². The van der Waals surface area contributed by atoms with E-state index in [0.717, 1.165) is 35.9 Å². The van der Waals surface area contributed by atoms with E-state index in [1.165, 1.54) is 12.1 Å². The lowest BCUT2D eigenvalue weighted by molar-refractivity contribution is -0.00461. The SMILES string of the molecule is Fc1cccc(NC2CO[C@H]3CN(Cc4cc(-c5ccccn5)no4)C[C@@H]3OC2)c1. The molecule has 2 aliphatic rings. The Morgan fingerprint density at radius 3 is 2.57 bits per heavy atom. The van der Waals surface area contributed by atoms with Gasteiger partial charge in [0, 0.05) is 31.0 Å². The Kier molecular flexibility index (Phi) is 5.44. The van der Waals surface area contributed by atoms with Crippen LogP contribution in [0, 0.1) is 5.82 Å². The van der Waals surface area contributed by atoms with Crippen LogP contribution in [0.1, 0.15) is 5.76 Å². The fourth-order valence-electron chi connectivity index (χ4n) is 3.94. The van der Waals surface area contributed by atoms with Gasteiger partial charge in [0.05, 0.1) is 43.7 Å². The molecular formula is C22H23FN4O3. The number of pyridine rings is 1. The van der Waals surface area contributed by atoms with Crippen LogP contribution >= 0.6 is 0 Å². The van der Waals surface area contributed by atoms with Crippen LogP contribution in [0.25, 0.3) is 11.4 Å². The number of nitrogens with zero attached hydrogens (tertiary/aromatic N) is 3. The van der Waals surface area contributed by atoms with Gasteiger partial charge in [-0.3, -0.25) is 9.88 Å². The first-order valence-electron chi connectivity index (χ1n) is 10.1. The zero-order valence-corrected chi connectivity index (χ0v) is 16.4. The summed E-state index contributed by atoms with van der Waals surface area (Å²) in [5.41, 5.74) is 2.26. The third kappa shape index (κ3) is 4.35. The number of anilines is 1. The van der Waals surface area contributed by atoms with Gasteiger partial charge in [-0.1, -0.05) is 17.3 Å². The van der Waals surface area contributed by atoms with Crippen LogP contribution in [0.4, 0.5) is 10.1 Å². The molecule has 0 unspecified atom stereocenters. The second-order valence-corrected chi connectivity index (χ2v) is 7.68. The highest BCUT2D eigenvalue weighted by atomic mass is 19.1. The van der Waals surface area contributed by atoms with E-state index in [4.69, 9.17) is 14.0 Å². The van der Waals surface area contributed by atoms with Gasteiger partial charge in [-0.25, -0.2) is 4.39 Å². The van der Waals surface area contributed by atoms with Crippen molar-refractivity contribution in [2.45, 2.75) is 24.8 Å². The van der Waals surface area contributed by atoms with Crippen molar-refractivity contribution in [3.8, 4) is 11.4 Å². The van der Waals surface area contributed by atoms with Crippen molar-refractivity contribution < 1.29 is 18.4 Å². The van der Waals surface area contributed by atoms with Crippen molar-refractivity contribution in [1.82, 2.24) is 15.0 Å². The molecule has 156 valence electrons. The number of aromatic nitrogens is 2. The molecule has 2 saturated heterocycles. The van der Waals surface area contributed by atoms with Gasteiger partial charge in [0.1, 0.15) is 11.5 Å². The monoisotopic (exact) mass is 410 g/mol. The Labute approximate surface area is 173 Å². The smallest absolute Gasteiger partial charge is 0.151 e. The molecule has 1 N–H and O–H groups in total. The molecule has 5 rings (SSSR count). The van der Waals surface area contributed by atoms with Crippen LogP contribution in [0.5, 0.6) is 0 Å². The molecule has 0 spiro atoms. The number of likely N-dealkylation sites (tertiary alicyclic amines) is 1. The highest BCUT2D eigenvalue weighted by Gasteiger charge is 2.37. The Morgan fingerprint density at radius 1 is 1.00 bits per heavy atom. The molecule has 2 aromatic heterocycles. The van der Waals surface area contributed by atoms with E-state index in [2.05, 4.69) is 20.4 Å². The zero-order valence-electron chi connectivity index (χ0n) is 16.4. The molecule has 7 nitrogen and oxygen atoms in total. The number of rotatable bonds is 5. The number of nitrogens with one attached hydrogen (secondary N) is 1. The van der Waals surface area contributed by atoms with Crippen molar-refractivity contribution in [3.63, 3.8) is 0 Å². The van der Waals surface area contributed by atoms with E-state index in [9.17, 15) is 4.39 Å². The molecule has 0 aliphatic carbocycles. The lowest BCUT2D eigenvalue weighted by atomic mass is 10.2. The van der Waals surface area contributed by atoms with E-state index in [1.807, 2.05) is 30.3 Å². The minimum Gasteiger partial charge on any atom is -0.378 e. The van der Waals surface area contributed by atoms with Crippen molar-refractivity contribution in [2.24, 2.45) is 0 Å². The lowest BCUT2D eigenvalue weighted by Crippen LogP contribution is -2.31. The third-order valence-electron chi connectivity index (χ3n) is 5.38. The predicted molar refractivity (Wildman–Crippen MR) is 108 cm³/mol. The fourth-order valence-corrected chi connectivity index (χ4v) is 3.94. The Morgan fingerprint density at radius 2 is 1.83 bits per heavy atom. The molecule has 4 heterocycles. The van der Waals surface area contributed by atoms with Gasteiger partial charge in [-0.05, 0) is 30.3 Å². The van der Waals surface area contributed by atoms with Crippen LogP contribution in [-0.2, 0) is 16.0 Å². The molecule has 8 heteroatoms. The number of benzene rings is 1. The zero-order chi connectivity index (χ0) is 20.3. The summed E-state index contributed by atoms with van der Waals surface area (Å²) in [7, 11) is 0. The van der Waals surface area contributed by atoms with Gasteiger partial charge in [-0.15, -0.1) is 0 Å². The van der Waals surface area contributed by atoms with Crippen molar-refractivity contribution in [1.29, 1.82) is 0 Å². The molecule has 2 fully saturated rings. The molecule has 3 aromatic rings. The molecule has 30 heavy (non-hydrogen) atoms. The summed E-state index contributed by atoms with van der Waals surface area (Å²) in [6.07, 6.45) is 1.74. The number of halogens is 1. The molecule has 1 aromatic carbocycles. The minimum atomic E-state index is -0.262. The molecule has 0 amide bonds. The van der Waals surface area contributed by atoms with Crippen LogP contribution in [0.15, 0.2) is 59.3 Å². The van der Waals surface area contributed by atoms with E-state index in [1.54, 1.807) is 12.3 Å². The van der Waals surface area contributed by atoms with Gasteiger partial charge in [0.15, 0.2) is 5.76 Å². The van der Waals surface area contributed by atoms with E-state index in [-0.39, 0.29) is 24.1 Å². The van der Waals surface area contributed by atoms with E-state index >= 15 is 0 Å². The largest absolute Gasteiger partial charge is 0.378 e. The van der Waals surface area contributed by atoms with Crippen LogP contribution in [0.3, 0.4) is 0 Å². The topological polar surface area (TPSA) is 72.7 Å². The van der Waals surface area contributed by atoms with Gasteiger partial charge >= 0.3 is 0 Å². The number of hydrogen-bond acceptors (Lipinski definition) is 7. The third-order valence-corrected chi connectivity index (χ3v) is 5.38. The van der Waals surface area contributed by atoms with E-state index in [0.29, 0.717) is 19.8 Å². The molecule has 2 aliphatic heterocycles. The normalized spacial score (nSPS) is 22.6. The Hall–Kier alpha value is -2.81. The van der Waals surface area contributed by atoms with Crippen LogP contribution < -0.4 is 5.32 Å². The van der Waals surface area contributed by atoms with Gasteiger partial charge in [0.25, 0.3) is 0 Å². The van der Waals surface area contributed by atoms with Crippen molar-refractivity contribution >= 4 is 5.69 Å². The number of hydrogen-bond donors (Lipinski definition) is 1. The first-order chi connectivity index (χ1) is 14.7. The Balaban J connectivity index is 1.15. The summed E-state index contributed by atoms with van der Waals surface area (Å²) in [4.78, 5) is 6.55. The molecule has 2 atom stereocenters. The maximum Gasteiger partial charge on any atom is 0.151 e. The first-order valence-corrected chi connectivity index (χ1v) is 10.1.